The lowest BCUT2D eigenvalue weighted by Gasteiger charge is -2.30. The highest BCUT2D eigenvalue weighted by Crippen LogP contribution is 2.26. The number of sulfonamides is 1. The Labute approximate surface area is 208 Å². The number of nitrogens with one attached hydrogen (secondary N) is 1. The van der Waals surface area contributed by atoms with Crippen LogP contribution < -0.4 is 5.32 Å². The predicted octanol–water partition coefficient (Wildman–Crippen LogP) is 4.34. The van der Waals surface area contributed by atoms with E-state index in [0.717, 1.165) is 17.7 Å². The van der Waals surface area contributed by atoms with E-state index in [0.29, 0.717) is 36.9 Å². The van der Waals surface area contributed by atoms with Crippen molar-refractivity contribution in [2.75, 3.05) is 18.4 Å². The van der Waals surface area contributed by atoms with Crippen LogP contribution in [0.25, 0.3) is 0 Å². The number of rotatable bonds is 8. The maximum absolute atomic E-state index is 13.2. The van der Waals surface area contributed by atoms with E-state index in [1.54, 1.807) is 11.8 Å². The number of amides is 1. The lowest BCUT2D eigenvalue weighted by Crippen LogP contribution is -2.43. The van der Waals surface area contributed by atoms with Crippen LogP contribution in [0.2, 0.25) is 0 Å². The minimum Gasteiger partial charge on any atom is -0.407 e. The monoisotopic (exact) mass is 518 g/mol. The Morgan fingerprint density at radius 3 is 2.57 bits per heavy atom. The molecule has 4 rings (SSSR count). The third kappa shape index (κ3) is 6.47. The van der Waals surface area contributed by atoms with Gasteiger partial charge in [0.05, 0.1) is 17.2 Å². The zero-order valence-electron chi connectivity index (χ0n) is 19.5. The van der Waals surface area contributed by atoms with Crippen LogP contribution in [0.1, 0.15) is 38.1 Å². The lowest BCUT2D eigenvalue weighted by molar-refractivity contribution is -0.121. The molecule has 0 bridgehead atoms. The summed E-state index contributed by atoms with van der Waals surface area (Å²) >= 11 is 1.78. The zero-order valence-corrected chi connectivity index (χ0v) is 21.1. The lowest BCUT2D eigenvalue weighted by atomic mass is 9.99. The quantitative estimate of drug-likeness (QED) is 0.442. The predicted molar refractivity (Wildman–Crippen MR) is 131 cm³/mol. The van der Waals surface area contributed by atoms with Crippen LogP contribution in [0, 0.1) is 11.7 Å². The van der Waals surface area contributed by atoms with E-state index in [1.807, 2.05) is 24.3 Å². The van der Waals surface area contributed by atoms with E-state index >= 15 is 0 Å². The number of piperidine rings is 1. The molecule has 0 spiro atoms. The number of carbonyl (C=O) groups is 1. The molecule has 0 saturated carbocycles. The Morgan fingerprint density at radius 1 is 1.17 bits per heavy atom. The summed E-state index contributed by atoms with van der Waals surface area (Å²) in [5.74, 6) is -1.09. The first-order valence-electron chi connectivity index (χ1n) is 11.4. The maximum atomic E-state index is 13.2. The maximum Gasteiger partial charge on any atom is 0.322 e. The number of benzene rings is 2. The van der Waals surface area contributed by atoms with E-state index < -0.39 is 21.8 Å². The summed E-state index contributed by atoms with van der Waals surface area (Å²) in [6.45, 7) is 4.60. The highest BCUT2D eigenvalue weighted by Gasteiger charge is 2.33. The van der Waals surface area contributed by atoms with E-state index in [-0.39, 0.29) is 23.4 Å². The Kier molecular flexibility index (Phi) is 7.88. The highest BCUT2D eigenvalue weighted by atomic mass is 32.2. The number of anilines is 1. The zero-order chi connectivity index (χ0) is 25.0. The number of hydrogen-bond acceptors (Lipinski definition) is 7. The van der Waals surface area contributed by atoms with Gasteiger partial charge in [-0.3, -0.25) is 10.1 Å². The molecule has 2 heterocycles. The van der Waals surface area contributed by atoms with Crippen molar-refractivity contribution in [2.45, 2.75) is 48.2 Å². The standard InChI is InChI=1S/C24H27FN4O4S2/c1-16(2)34-20-9-5-17(6-10-20)14-22-27-28-24(33-22)26-23(30)18-4-3-13-29(15-18)35(31,32)21-11-7-19(25)8-12-21/h5-12,16,18H,3-4,13-15H2,1-2H3,(H,26,28,30). The van der Waals surface area contributed by atoms with Crippen molar-refractivity contribution < 1.29 is 22.0 Å². The van der Waals surface area contributed by atoms with Crippen molar-refractivity contribution in [1.29, 1.82) is 0 Å². The van der Waals surface area contributed by atoms with Gasteiger partial charge in [0, 0.05) is 23.2 Å². The van der Waals surface area contributed by atoms with Gasteiger partial charge in [-0.1, -0.05) is 31.1 Å². The fourth-order valence-electron chi connectivity index (χ4n) is 3.85. The molecule has 11 heteroatoms. The number of aromatic nitrogens is 2. The normalized spacial score (nSPS) is 17.0. The Hall–Kier alpha value is -2.76. The van der Waals surface area contributed by atoms with Crippen LogP contribution in [0.3, 0.4) is 0 Å². The summed E-state index contributed by atoms with van der Waals surface area (Å²) in [6, 6.07) is 12.8. The van der Waals surface area contributed by atoms with Gasteiger partial charge in [0.15, 0.2) is 0 Å². The van der Waals surface area contributed by atoms with Gasteiger partial charge in [-0.15, -0.1) is 16.9 Å². The van der Waals surface area contributed by atoms with Gasteiger partial charge in [-0.05, 0) is 54.8 Å². The molecule has 1 unspecified atom stereocenters. The largest absolute Gasteiger partial charge is 0.407 e. The molecular weight excluding hydrogens is 491 g/mol. The molecule has 0 radical (unpaired) electrons. The summed E-state index contributed by atoms with van der Waals surface area (Å²) in [7, 11) is -3.82. The summed E-state index contributed by atoms with van der Waals surface area (Å²) in [6.07, 6.45) is 1.49. The first-order valence-corrected chi connectivity index (χ1v) is 13.7. The van der Waals surface area contributed by atoms with Crippen LogP contribution in [0.5, 0.6) is 0 Å². The van der Waals surface area contributed by atoms with Crippen LogP contribution in [-0.2, 0) is 21.2 Å². The second-order valence-electron chi connectivity index (χ2n) is 8.63. The van der Waals surface area contributed by atoms with Gasteiger partial charge >= 0.3 is 6.01 Å². The summed E-state index contributed by atoms with van der Waals surface area (Å²) in [5.41, 5.74) is 1.01. The molecule has 1 aliphatic heterocycles. The Bertz CT molecular complexity index is 1260. The molecule has 3 aromatic rings. The fourth-order valence-corrected chi connectivity index (χ4v) is 6.21. The van der Waals surface area contributed by atoms with Crippen molar-refractivity contribution in [3.05, 3.63) is 65.8 Å². The third-order valence-electron chi connectivity index (χ3n) is 5.55. The van der Waals surface area contributed by atoms with E-state index in [4.69, 9.17) is 4.42 Å². The van der Waals surface area contributed by atoms with Crippen LogP contribution >= 0.6 is 11.8 Å². The second kappa shape index (κ2) is 10.9. The molecule has 1 N–H and O–H groups in total. The molecule has 1 fully saturated rings. The number of hydrogen-bond donors (Lipinski definition) is 1. The molecule has 1 saturated heterocycles. The van der Waals surface area contributed by atoms with Gasteiger partial charge in [0.25, 0.3) is 0 Å². The third-order valence-corrected chi connectivity index (χ3v) is 8.45. The summed E-state index contributed by atoms with van der Waals surface area (Å²) < 4.78 is 45.9. The molecular formula is C24H27FN4O4S2. The SMILES string of the molecule is CC(C)Sc1ccc(Cc2nnc(NC(=O)C3CCCN(S(=O)(=O)c4ccc(F)cc4)C3)o2)cc1. The van der Waals surface area contributed by atoms with Crippen molar-refractivity contribution in [1.82, 2.24) is 14.5 Å². The minimum absolute atomic E-state index is 0.00247. The topological polar surface area (TPSA) is 105 Å². The molecule has 1 amide bonds. The Balaban J connectivity index is 1.35. The number of nitrogens with zero attached hydrogens (tertiary/aromatic N) is 3. The van der Waals surface area contributed by atoms with Gasteiger partial charge < -0.3 is 4.42 Å². The molecule has 186 valence electrons. The van der Waals surface area contributed by atoms with E-state index in [9.17, 15) is 17.6 Å². The molecule has 0 aliphatic carbocycles. The summed E-state index contributed by atoms with van der Waals surface area (Å²) in [4.78, 5) is 14.0. The van der Waals surface area contributed by atoms with E-state index in [1.165, 1.54) is 21.3 Å². The number of carbonyl (C=O) groups excluding carboxylic acids is 1. The van der Waals surface area contributed by atoms with Crippen molar-refractivity contribution >= 4 is 33.7 Å². The van der Waals surface area contributed by atoms with Gasteiger partial charge in [0.1, 0.15) is 5.82 Å². The molecule has 35 heavy (non-hydrogen) atoms. The second-order valence-corrected chi connectivity index (χ2v) is 12.2. The number of thioether (sulfide) groups is 1. The fraction of sp³-hybridized carbons (Fsp3) is 0.375. The summed E-state index contributed by atoms with van der Waals surface area (Å²) in [5, 5.41) is 11.0. The smallest absolute Gasteiger partial charge is 0.322 e. The van der Waals surface area contributed by atoms with Crippen LogP contribution in [-0.4, -0.2) is 47.2 Å². The van der Waals surface area contributed by atoms with Gasteiger partial charge in [-0.25, -0.2) is 12.8 Å². The van der Waals surface area contributed by atoms with Gasteiger partial charge in [-0.2, -0.15) is 4.31 Å². The van der Waals surface area contributed by atoms with Crippen LogP contribution in [0.15, 0.2) is 62.7 Å². The van der Waals surface area contributed by atoms with Gasteiger partial charge in [0.2, 0.25) is 21.8 Å². The van der Waals surface area contributed by atoms with E-state index in [2.05, 4.69) is 29.4 Å². The molecule has 2 aromatic carbocycles. The minimum atomic E-state index is -3.82. The first-order chi connectivity index (χ1) is 16.7. The molecule has 1 aliphatic rings. The average molecular weight is 519 g/mol. The number of halogens is 1. The average Bonchev–Trinajstić information content (AvgIpc) is 3.27. The molecule has 1 atom stereocenters. The molecule has 1 aromatic heterocycles. The highest BCUT2D eigenvalue weighted by molar-refractivity contribution is 7.99. The van der Waals surface area contributed by atoms with Crippen molar-refractivity contribution in [3.8, 4) is 0 Å². The van der Waals surface area contributed by atoms with Crippen molar-refractivity contribution in [2.24, 2.45) is 5.92 Å². The first kappa shape index (κ1) is 25.3. The Morgan fingerprint density at radius 2 is 1.89 bits per heavy atom. The molecule has 8 nitrogen and oxygen atoms in total. The van der Waals surface area contributed by atoms with Crippen molar-refractivity contribution in [3.63, 3.8) is 0 Å². The van der Waals surface area contributed by atoms with Crippen LogP contribution in [0.4, 0.5) is 10.4 Å².